The Hall–Kier alpha value is -1.79. The Bertz CT molecular complexity index is 562. The Morgan fingerprint density at radius 2 is 1.54 bits per heavy atom. The maximum Gasteiger partial charge on any atom is 0.223 e. The third-order valence-electron chi connectivity index (χ3n) is 5.62. The fourth-order valence-corrected chi connectivity index (χ4v) is 3.75. The Kier molecular flexibility index (Phi) is 6.74. The quantitative estimate of drug-likeness (QED) is 0.766. The summed E-state index contributed by atoms with van der Waals surface area (Å²) in [6.07, 6.45) is 0.647. The fraction of sp³-hybridized carbons (Fsp3) is 0.650. The summed E-state index contributed by atoms with van der Waals surface area (Å²) in [5, 5.41) is 0. The van der Waals surface area contributed by atoms with E-state index in [9.17, 15) is 4.79 Å². The van der Waals surface area contributed by atoms with Gasteiger partial charge < -0.3 is 19.4 Å². The number of ether oxygens (including phenoxy) is 1. The average Bonchev–Trinajstić information content (AvgIpc) is 2.72. The van der Waals surface area contributed by atoms with E-state index >= 15 is 0 Å². The number of benzene rings is 1. The monoisotopic (exact) mass is 360 g/mol. The number of hydrogen-bond acceptors (Lipinski definition) is 5. The molecule has 3 rings (SSSR count). The van der Waals surface area contributed by atoms with Gasteiger partial charge in [0, 0.05) is 71.0 Å². The van der Waals surface area contributed by atoms with Crippen molar-refractivity contribution in [3.05, 3.63) is 24.3 Å². The fourth-order valence-electron chi connectivity index (χ4n) is 3.75. The lowest BCUT2D eigenvalue weighted by Gasteiger charge is -2.37. The molecule has 1 amide bonds. The van der Waals surface area contributed by atoms with Crippen LogP contribution in [0.25, 0.3) is 0 Å². The molecular weight excluding hydrogens is 328 g/mol. The number of carbonyl (C=O) groups is 1. The first-order valence-corrected chi connectivity index (χ1v) is 9.81. The van der Waals surface area contributed by atoms with Gasteiger partial charge in [0.15, 0.2) is 0 Å². The molecule has 2 aliphatic rings. The van der Waals surface area contributed by atoms with Crippen LogP contribution in [0.3, 0.4) is 0 Å². The van der Waals surface area contributed by atoms with Crippen LogP contribution < -0.4 is 9.64 Å². The predicted molar refractivity (Wildman–Crippen MR) is 105 cm³/mol. The number of amides is 1. The van der Waals surface area contributed by atoms with Crippen LogP contribution in [0, 0.1) is 0 Å². The van der Waals surface area contributed by atoms with Crippen molar-refractivity contribution in [1.29, 1.82) is 0 Å². The molecule has 1 aromatic rings. The Morgan fingerprint density at radius 1 is 0.923 bits per heavy atom. The molecule has 0 aromatic heterocycles. The molecule has 0 aliphatic carbocycles. The van der Waals surface area contributed by atoms with Gasteiger partial charge in [-0.05, 0) is 30.8 Å². The molecule has 0 bridgehead atoms. The van der Waals surface area contributed by atoms with Crippen LogP contribution in [0.1, 0.15) is 13.3 Å². The summed E-state index contributed by atoms with van der Waals surface area (Å²) >= 11 is 0. The van der Waals surface area contributed by atoms with Crippen molar-refractivity contribution in [2.45, 2.75) is 13.3 Å². The van der Waals surface area contributed by atoms with E-state index in [4.69, 9.17) is 4.74 Å². The van der Waals surface area contributed by atoms with E-state index in [1.807, 2.05) is 17.0 Å². The molecule has 0 N–H and O–H groups in total. The maximum absolute atomic E-state index is 12.4. The highest BCUT2D eigenvalue weighted by Gasteiger charge is 2.22. The molecule has 0 radical (unpaired) electrons. The second-order valence-corrected chi connectivity index (χ2v) is 7.09. The molecule has 0 atom stereocenters. The SMILES string of the molecule is CCN1CCN(C(=O)CCN2CCN(c3ccc(OC)cc3)CC2)CC1. The van der Waals surface area contributed by atoms with E-state index in [2.05, 4.69) is 33.8 Å². The summed E-state index contributed by atoms with van der Waals surface area (Å²) < 4.78 is 5.22. The summed E-state index contributed by atoms with van der Waals surface area (Å²) in [4.78, 5) is 21.7. The van der Waals surface area contributed by atoms with Crippen molar-refractivity contribution >= 4 is 11.6 Å². The van der Waals surface area contributed by atoms with Gasteiger partial charge in [-0.1, -0.05) is 6.92 Å². The first-order valence-electron chi connectivity index (χ1n) is 9.81. The lowest BCUT2D eigenvalue weighted by molar-refractivity contribution is -0.133. The second kappa shape index (κ2) is 9.24. The molecule has 2 fully saturated rings. The Labute approximate surface area is 157 Å². The van der Waals surface area contributed by atoms with E-state index in [1.165, 1.54) is 5.69 Å². The number of piperazine rings is 2. The highest BCUT2D eigenvalue weighted by Crippen LogP contribution is 2.20. The number of likely N-dealkylation sites (N-methyl/N-ethyl adjacent to an activating group) is 1. The van der Waals surface area contributed by atoms with Crippen molar-refractivity contribution in [2.24, 2.45) is 0 Å². The second-order valence-electron chi connectivity index (χ2n) is 7.09. The third-order valence-corrected chi connectivity index (χ3v) is 5.62. The lowest BCUT2D eigenvalue weighted by atomic mass is 10.2. The van der Waals surface area contributed by atoms with Crippen LogP contribution in [0.2, 0.25) is 0 Å². The van der Waals surface area contributed by atoms with Crippen molar-refractivity contribution < 1.29 is 9.53 Å². The van der Waals surface area contributed by atoms with Crippen molar-refractivity contribution in [2.75, 3.05) is 77.5 Å². The standard InChI is InChI=1S/C20H32N4O2/c1-3-21-10-16-24(17-11-21)20(25)8-9-22-12-14-23(15-13-22)18-4-6-19(26-2)7-5-18/h4-7H,3,8-17H2,1-2H3. The van der Waals surface area contributed by atoms with Crippen LogP contribution in [0.5, 0.6) is 5.75 Å². The molecule has 1 aromatic carbocycles. The number of rotatable bonds is 6. The molecule has 6 heteroatoms. The summed E-state index contributed by atoms with van der Waals surface area (Å²) in [6.45, 7) is 12.0. The maximum atomic E-state index is 12.4. The molecule has 6 nitrogen and oxygen atoms in total. The largest absolute Gasteiger partial charge is 0.497 e. The predicted octanol–water partition coefficient (Wildman–Crippen LogP) is 1.37. The van der Waals surface area contributed by atoms with E-state index in [-0.39, 0.29) is 0 Å². The topological polar surface area (TPSA) is 39.3 Å². The van der Waals surface area contributed by atoms with Crippen LogP contribution in [-0.2, 0) is 4.79 Å². The highest BCUT2D eigenvalue weighted by atomic mass is 16.5. The minimum atomic E-state index is 0.318. The normalized spacial score (nSPS) is 19.6. The Morgan fingerprint density at radius 3 is 2.12 bits per heavy atom. The molecule has 2 aliphatic heterocycles. The first kappa shape index (κ1) is 19.0. The van der Waals surface area contributed by atoms with Crippen LogP contribution in [0.15, 0.2) is 24.3 Å². The van der Waals surface area contributed by atoms with Crippen LogP contribution in [-0.4, -0.2) is 93.2 Å². The van der Waals surface area contributed by atoms with Crippen molar-refractivity contribution in [3.63, 3.8) is 0 Å². The summed E-state index contributed by atoms with van der Waals surface area (Å²) in [7, 11) is 1.69. The van der Waals surface area contributed by atoms with Crippen molar-refractivity contribution in [3.8, 4) is 5.75 Å². The van der Waals surface area contributed by atoms with Gasteiger partial charge in [-0.2, -0.15) is 0 Å². The smallest absolute Gasteiger partial charge is 0.223 e. The molecule has 2 heterocycles. The minimum Gasteiger partial charge on any atom is -0.497 e. The molecule has 0 saturated carbocycles. The molecule has 2 saturated heterocycles. The number of anilines is 1. The van der Waals surface area contributed by atoms with E-state index in [1.54, 1.807) is 7.11 Å². The molecule has 0 spiro atoms. The summed E-state index contributed by atoms with van der Waals surface area (Å²) in [6, 6.07) is 8.26. The molecule has 144 valence electrons. The van der Waals surface area contributed by atoms with Gasteiger partial charge in [0.25, 0.3) is 0 Å². The minimum absolute atomic E-state index is 0.318. The van der Waals surface area contributed by atoms with E-state index in [0.717, 1.165) is 71.2 Å². The third kappa shape index (κ3) is 4.89. The number of hydrogen-bond donors (Lipinski definition) is 0. The zero-order valence-electron chi connectivity index (χ0n) is 16.2. The molecular formula is C20H32N4O2. The number of carbonyl (C=O) groups excluding carboxylic acids is 1. The van der Waals surface area contributed by atoms with Gasteiger partial charge in [0.2, 0.25) is 5.91 Å². The average molecular weight is 361 g/mol. The lowest BCUT2D eigenvalue weighted by Crippen LogP contribution is -2.50. The van der Waals surface area contributed by atoms with Gasteiger partial charge in [-0.3, -0.25) is 9.69 Å². The molecule has 26 heavy (non-hydrogen) atoms. The van der Waals surface area contributed by atoms with E-state index < -0.39 is 0 Å². The molecule has 0 unspecified atom stereocenters. The first-order chi connectivity index (χ1) is 12.7. The zero-order chi connectivity index (χ0) is 18.4. The zero-order valence-corrected chi connectivity index (χ0v) is 16.2. The van der Waals surface area contributed by atoms with E-state index in [0.29, 0.717) is 12.3 Å². The van der Waals surface area contributed by atoms with Gasteiger partial charge in [-0.25, -0.2) is 0 Å². The number of nitrogens with zero attached hydrogens (tertiary/aromatic N) is 4. The van der Waals surface area contributed by atoms with Crippen molar-refractivity contribution in [1.82, 2.24) is 14.7 Å². The Balaban J connectivity index is 1.38. The van der Waals surface area contributed by atoms with Gasteiger partial charge >= 0.3 is 0 Å². The van der Waals surface area contributed by atoms with Gasteiger partial charge in [0.05, 0.1) is 7.11 Å². The highest BCUT2D eigenvalue weighted by molar-refractivity contribution is 5.76. The summed E-state index contributed by atoms with van der Waals surface area (Å²) in [5.41, 5.74) is 1.25. The summed E-state index contributed by atoms with van der Waals surface area (Å²) in [5.74, 6) is 1.21. The van der Waals surface area contributed by atoms with Gasteiger partial charge in [0.1, 0.15) is 5.75 Å². The number of methoxy groups -OCH3 is 1. The van der Waals surface area contributed by atoms with Crippen LogP contribution in [0.4, 0.5) is 5.69 Å². The van der Waals surface area contributed by atoms with Gasteiger partial charge in [-0.15, -0.1) is 0 Å². The van der Waals surface area contributed by atoms with Crippen LogP contribution >= 0.6 is 0 Å².